The summed E-state index contributed by atoms with van der Waals surface area (Å²) in [6.45, 7) is 0. The van der Waals surface area contributed by atoms with Crippen LogP contribution in [0, 0.1) is 0 Å². The molecule has 0 spiro atoms. The highest BCUT2D eigenvalue weighted by Crippen LogP contribution is 2.39. The molecule has 4 nitrogen and oxygen atoms in total. The van der Waals surface area contributed by atoms with Crippen molar-refractivity contribution < 1.29 is 27.5 Å². The van der Waals surface area contributed by atoms with Gasteiger partial charge in [0.1, 0.15) is 12.2 Å². The second-order valence-electron chi connectivity index (χ2n) is 4.87. The standard InChI is InChI=1S/C13H9BrF3NO3/c14-7-2-1-6(13(15,16)17)5-8(7)18-11(19)9-3-4-10(21-9)12(18)20/h1-2,5,9-10H,3-4H2. The molecule has 2 amide bonds. The smallest absolute Gasteiger partial charge is 0.355 e. The average molecular weight is 364 g/mol. The van der Waals surface area contributed by atoms with Gasteiger partial charge in [-0.15, -0.1) is 0 Å². The topological polar surface area (TPSA) is 46.6 Å². The highest BCUT2D eigenvalue weighted by atomic mass is 79.9. The first-order valence-electron chi connectivity index (χ1n) is 6.19. The van der Waals surface area contributed by atoms with Crippen molar-refractivity contribution in [1.82, 2.24) is 0 Å². The van der Waals surface area contributed by atoms with Crippen molar-refractivity contribution in [3.63, 3.8) is 0 Å². The Labute approximate surface area is 126 Å². The summed E-state index contributed by atoms with van der Waals surface area (Å²) in [5.74, 6) is -1.23. The normalized spacial score (nSPS) is 25.6. The van der Waals surface area contributed by atoms with Gasteiger partial charge in [-0.3, -0.25) is 9.59 Å². The van der Waals surface area contributed by atoms with E-state index in [1.165, 1.54) is 6.07 Å². The van der Waals surface area contributed by atoms with E-state index >= 15 is 0 Å². The van der Waals surface area contributed by atoms with Crippen LogP contribution in [0.3, 0.4) is 0 Å². The van der Waals surface area contributed by atoms with Crippen molar-refractivity contribution in [2.75, 3.05) is 4.90 Å². The van der Waals surface area contributed by atoms with E-state index in [1.807, 2.05) is 0 Å². The Hall–Kier alpha value is -1.41. The van der Waals surface area contributed by atoms with Crippen LogP contribution in [-0.2, 0) is 20.5 Å². The van der Waals surface area contributed by atoms with Gasteiger partial charge in [0, 0.05) is 4.47 Å². The fraction of sp³-hybridized carbons (Fsp3) is 0.385. The van der Waals surface area contributed by atoms with Crippen LogP contribution < -0.4 is 4.90 Å². The summed E-state index contributed by atoms with van der Waals surface area (Å²) in [5.41, 5.74) is -1.01. The number of rotatable bonds is 1. The van der Waals surface area contributed by atoms with Crippen LogP contribution in [0.5, 0.6) is 0 Å². The molecule has 2 saturated heterocycles. The van der Waals surface area contributed by atoms with Gasteiger partial charge in [-0.2, -0.15) is 13.2 Å². The number of nitrogens with zero attached hydrogens (tertiary/aromatic N) is 1. The van der Waals surface area contributed by atoms with E-state index in [0.29, 0.717) is 12.8 Å². The Balaban J connectivity index is 2.07. The van der Waals surface area contributed by atoms with Gasteiger partial charge in [-0.05, 0) is 47.0 Å². The van der Waals surface area contributed by atoms with Crippen molar-refractivity contribution in [3.8, 4) is 0 Å². The summed E-state index contributed by atoms with van der Waals surface area (Å²) in [5, 5.41) is 0. The molecule has 2 atom stereocenters. The number of benzene rings is 1. The van der Waals surface area contributed by atoms with Crippen molar-refractivity contribution >= 4 is 33.4 Å². The largest absolute Gasteiger partial charge is 0.416 e. The number of hydrogen-bond acceptors (Lipinski definition) is 3. The molecule has 1 aromatic carbocycles. The Bertz CT molecular complexity index is 610. The third-order valence-corrected chi connectivity index (χ3v) is 4.20. The molecule has 2 unspecified atom stereocenters. The number of halogens is 4. The predicted molar refractivity (Wildman–Crippen MR) is 69.5 cm³/mol. The maximum absolute atomic E-state index is 12.8. The molecule has 0 radical (unpaired) electrons. The van der Waals surface area contributed by atoms with Gasteiger partial charge in [0.25, 0.3) is 11.8 Å². The molecular formula is C13H9BrF3NO3. The van der Waals surface area contributed by atoms with E-state index in [9.17, 15) is 22.8 Å². The Morgan fingerprint density at radius 2 is 1.71 bits per heavy atom. The molecular weight excluding hydrogens is 355 g/mol. The van der Waals surface area contributed by atoms with Gasteiger partial charge in [-0.1, -0.05) is 0 Å². The number of imide groups is 1. The fourth-order valence-corrected chi connectivity index (χ4v) is 2.92. The highest BCUT2D eigenvalue weighted by molar-refractivity contribution is 9.10. The summed E-state index contributed by atoms with van der Waals surface area (Å²) < 4.78 is 43.9. The number of amides is 2. The van der Waals surface area contributed by atoms with Crippen LogP contribution >= 0.6 is 15.9 Å². The monoisotopic (exact) mass is 363 g/mol. The lowest BCUT2D eigenvalue weighted by Crippen LogP contribution is -2.52. The van der Waals surface area contributed by atoms with E-state index in [-0.39, 0.29) is 10.2 Å². The number of carbonyl (C=O) groups is 2. The summed E-state index contributed by atoms with van der Waals surface area (Å²) in [6, 6.07) is 2.86. The van der Waals surface area contributed by atoms with Crippen molar-refractivity contribution in [3.05, 3.63) is 28.2 Å². The zero-order valence-corrected chi connectivity index (χ0v) is 12.1. The lowest BCUT2D eigenvalue weighted by atomic mass is 10.1. The average Bonchev–Trinajstić information content (AvgIpc) is 2.84. The molecule has 2 fully saturated rings. The van der Waals surface area contributed by atoms with E-state index in [4.69, 9.17) is 4.74 Å². The van der Waals surface area contributed by atoms with Gasteiger partial charge < -0.3 is 4.74 Å². The molecule has 0 aromatic heterocycles. The maximum atomic E-state index is 12.8. The number of carbonyl (C=O) groups excluding carboxylic acids is 2. The predicted octanol–water partition coefficient (Wildman–Crippen LogP) is 2.89. The van der Waals surface area contributed by atoms with Crippen LogP contribution in [0.15, 0.2) is 22.7 Å². The molecule has 0 aliphatic carbocycles. The van der Waals surface area contributed by atoms with Crippen LogP contribution in [0.4, 0.5) is 18.9 Å². The molecule has 112 valence electrons. The minimum atomic E-state index is -4.55. The van der Waals surface area contributed by atoms with E-state index < -0.39 is 35.8 Å². The lowest BCUT2D eigenvalue weighted by molar-refractivity contribution is -0.147. The van der Waals surface area contributed by atoms with Gasteiger partial charge in [0.15, 0.2) is 0 Å². The molecule has 0 saturated carbocycles. The Morgan fingerprint density at radius 1 is 1.14 bits per heavy atom. The quantitative estimate of drug-likeness (QED) is 0.720. The van der Waals surface area contributed by atoms with Gasteiger partial charge in [0.2, 0.25) is 0 Å². The highest BCUT2D eigenvalue weighted by Gasteiger charge is 2.48. The second-order valence-corrected chi connectivity index (χ2v) is 5.72. The van der Waals surface area contributed by atoms with Gasteiger partial charge in [-0.25, -0.2) is 4.90 Å². The Morgan fingerprint density at radius 3 is 2.24 bits per heavy atom. The number of fused-ring (bicyclic) bond motifs is 2. The summed E-state index contributed by atoms with van der Waals surface area (Å²) in [6.07, 6.45) is -5.25. The number of anilines is 1. The number of alkyl halides is 3. The van der Waals surface area contributed by atoms with Crippen LogP contribution in [-0.4, -0.2) is 24.0 Å². The Kier molecular flexibility index (Phi) is 3.32. The molecule has 8 heteroatoms. The third-order valence-electron chi connectivity index (χ3n) is 3.53. The third kappa shape index (κ3) is 2.36. The number of hydrogen-bond donors (Lipinski definition) is 0. The van der Waals surface area contributed by atoms with Gasteiger partial charge in [0.05, 0.1) is 11.3 Å². The fourth-order valence-electron chi connectivity index (χ4n) is 2.49. The van der Waals surface area contributed by atoms with Crippen molar-refractivity contribution in [1.29, 1.82) is 0 Å². The van der Waals surface area contributed by atoms with Crippen LogP contribution in [0.2, 0.25) is 0 Å². The molecule has 3 rings (SSSR count). The zero-order chi connectivity index (χ0) is 15.4. The SMILES string of the molecule is O=C1C2CCC(O2)C(=O)N1c1cc(C(F)(F)F)ccc1Br. The molecule has 21 heavy (non-hydrogen) atoms. The molecule has 2 heterocycles. The van der Waals surface area contributed by atoms with E-state index in [2.05, 4.69) is 15.9 Å². The summed E-state index contributed by atoms with van der Waals surface area (Å²) >= 11 is 3.09. The van der Waals surface area contributed by atoms with Gasteiger partial charge >= 0.3 is 6.18 Å². The van der Waals surface area contributed by atoms with E-state index in [0.717, 1.165) is 17.0 Å². The second kappa shape index (κ2) is 4.81. The lowest BCUT2D eigenvalue weighted by Gasteiger charge is -2.30. The number of ether oxygens (including phenoxy) is 1. The minimum Gasteiger partial charge on any atom is -0.355 e. The molecule has 2 bridgehead atoms. The van der Waals surface area contributed by atoms with Crippen LogP contribution in [0.25, 0.3) is 0 Å². The first-order chi connectivity index (χ1) is 9.79. The maximum Gasteiger partial charge on any atom is 0.416 e. The molecule has 2 aliphatic heterocycles. The summed E-state index contributed by atoms with van der Waals surface area (Å²) in [7, 11) is 0. The first kappa shape index (κ1) is 14.5. The first-order valence-corrected chi connectivity index (χ1v) is 6.98. The van der Waals surface area contributed by atoms with E-state index in [1.54, 1.807) is 0 Å². The number of morpholine rings is 1. The molecule has 0 N–H and O–H groups in total. The zero-order valence-electron chi connectivity index (χ0n) is 10.5. The molecule has 1 aromatic rings. The summed E-state index contributed by atoms with van der Waals surface area (Å²) in [4.78, 5) is 25.2. The minimum absolute atomic E-state index is 0.0972. The van der Waals surface area contributed by atoms with Crippen LogP contribution in [0.1, 0.15) is 18.4 Å². The van der Waals surface area contributed by atoms with Crippen molar-refractivity contribution in [2.24, 2.45) is 0 Å². The van der Waals surface area contributed by atoms with Crippen molar-refractivity contribution in [2.45, 2.75) is 31.2 Å². The molecule has 2 aliphatic rings.